The van der Waals surface area contributed by atoms with Gasteiger partial charge in [0.05, 0.1) is 24.4 Å². The molecule has 6 heteroatoms. The normalized spacial score (nSPS) is 25.9. The smallest absolute Gasteiger partial charge is 0.318 e. The first-order valence-corrected chi connectivity index (χ1v) is 7.27. The van der Waals surface area contributed by atoms with E-state index in [4.69, 9.17) is 4.74 Å². The summed E-state index contributed by atoms with van der Waals surface area (Å²) in [7, 11) is 0. The van der Waals surface area contributed by atoms with Crippen molar-refractivity contribution in [2.24, 2.45) is 0 Å². The number of likely N-dealkylation sites (tertiary alicyclic amines) is 1. The van der Waals surface area contributed by atoms with Crippen LogP contribution in [-0.2, 0) is 11.3 Å². The number of rotatable bonds is 3. The van der Waals surface area contributed by atoms with Crippen LogP contribution in [0, 0.1) is 0 Å². The van der Waals surface area contributed by atoms with E-state index in [9.17, 15) is 4.79 Å². The SMILES string of the molecule is O=C(NCc1cccnn1)N1CCC[C@H]1[C@H]1CCCO1. The molecule has 1 N–H and O–H groups in total. The Labute approximate surface area is 118 Å². The topological polar surface area (TPSA) is 67.4 Å². The number of carbonyl (C=O) groups excluding carboxylic acids is 1. The van der Waals surface area contributed by atoms with E-state index in [-0.39, 0.29) is 18.2 Å². The van der Waals surface area contributed by atoms with Crippen LogP contribution in [0.3, 0.4) is 0 Å². The molecular formula is C14H20N4O2. The Morgan fingerprint density at radius 3 is 3.15 bits per heavy atom. The summed E-state index contributed by atoms with van der Waals surface area (Å²) in [5, 5.41) is 10.7. The second-order valence-electron chi connectivity index (χ2n) is 5.33. The van der Waals surface area contributed by atoms with E-state index in [0.29, 0.717) is 6.54 Å². The first-order valence-electron chi connectivity index (χ1n) is 7.27. The molecular weight excluding hydrogens is 256 g/mol. The van der Waals surface area contributed by atoms with E-state index < -0.39 is 0 Å². The molecule has 0 saturated carbocycles. The van der Waals surface area contributed by atoms with Crippen LogP contribution in [0.15, 0.2) is 18.3 Å². The Kier molecular flexibility index (Phi) is 4.11. The minimum absolute atomic E-state index is 0.0198. The van der Waals surface area contributed by atoms with E-state index in [2.05, 4.69) is 15.5 Å². The number of aromatic nitrogens is 2. The molecule has 1 aromatic heterocycles. The molecule has 20 heavy (non-hydrogen) atoms. The third-order valence-corrected chi connectivity index (χ3v) is 4.00. The van der Waals surface area contributed by atoms with Crippen LogP contribution in [0.25, 0.3) is 0 Å². The third-order valence-electron chi connectivity index (χ3n) is 4.00. The fraction of sp³-hybridized carbons (Fsp3) is 0.643. The quantitative estimate of drug-likeness (QED) is 0.904. The standard InChI is InChI=1S/C14H20N4O2/c19-14(15-10-11-4-1-7-16-17-11)18-8-2-5-12(18)13-6-3-9-20-13/h1,4,7,12-13H,2-3,5-6,8-10H2,(H,15,19)/t12-,13+/m0/s1. The molecule has 2 aliphatic heterocycles. The van der Waals surface area contributed by atoms with Crippen molar-refractivity contribution in [1.82, 2.24) is 20.4 Å². The average molecular weight is 276 g/mol. The van der Waals surface area contributed by atoms with Crippen molar-refractivity contribution in [3.05, 3.63) is 24.0 Å². The lowest BCUT2D eigenvalue weighted by molar-refractivity contribution is 0.0520. The van der Waals surface area contributed by atoms with E-state index in [1.54, 1.807) is 6.20 Å². The highest BCUT2D eigenvalue weighted by atomic mass is 16.5. The maximum Gasteiger partial charge on any atom is 0.318 e. The second-order valence-corrected chi connectivity index (χ2v) is 5.33. The van der Waals surface area contributed by atoms with Gasteiger partial charge < -0.3 is 15.0 Å². The van der Waals surface area contributed by atoms with Gasteiger partial charge >= 0.3 is 6.03 Å². The molecule has 0 aromatic carbocycles. The maximum absolute atomic E-state index is 12.3. The molecule has 3 rings (SSSR count). The summed E-state index contributed by atoms with van der Waals surface area (Å²) in [5.74, 6) is 0. The number of hydrogen-bond acceptors (Lipinski definition) is 4. The van der Waals surface area contributed by atoms with E-state index >= 15 is 0 Å². The summed E-state index contributed by atoms with van der Waals surface area (Å²) in [6.45, 7) is 2.06. The highest BCUT2D eigenvalue weighted by molar-refractivity contribution is 5.74. The molecule has 2 saturated heterocycles. The van der Waals surface area contributed by atoms with Crippen molar-refractivity contribution in [2.75, 3.05) is 13.2 Å². The molecule has 2 atom stereocenters. The molecule has 0 bridgehead atoms. The third kappa shape index (κ3) is 2.90. The van der Waals surface area contributed by atoms with E-state index in [0.717, 1.165) is 44.5 Å². The van der Waals surface area contributed by atoms with Gasteiger partial charge in [0.1, 0.15) is 0 Å². The van der Waals surface area contributed by atoms with Gasteiger partial charge in [0.15, 0.2) is 0 Å². The molecule has 1 aromatic rings. The summed E-state index contributed by atoms with van der Waals surface area (Å²) >= 11 is 0. The number of ether oxygens (including phenoxy) is 1. The van der Waals surface area contributed by atoms with Crippen molar-refractivity contribution in [3.63, 3.8) is 0 Å². The van der Waals surface area contributed by atoms with Crippen LogP contribution in [0.4, 0.5) is 4.79 Å². The highest BCUT2D eigenvalue weighted by Gasteiger charge is 2.36. The Balaban J connectivity index is 1.55. The van der Waals surface area contributed by atoms with Crippen molar-refractivity contribution in [3.8, 4) is 0 Å². The molecule has 3 heterocycles. The predicted octanol–water partition coefficient (Wildman–Crippen LogP) is 1.33. The fourth-order valence-electron chi connectivity index (χ4n) is 3.03. The van der Waals surface area contributed by atoms with Gasteiger partial charge in [-0.25, -0.2) is 4.79 Å². The summed E-state index contributed by atoms with van der Waals surface area (Å²) in [6.07, 6.45) is 6.13. The van der Waals surface area contributed by atoms with Crippen molar-refractivity contribution in [2.45, 2.75) is 44.4 Å². The molecule has 108 valence electrons. The first-order chi connectivity index (χ1) is 9.84. The summed E-state index contributed by atoms with van der Waals surface area (Å²) < 4.78 is 5.74. The summed E-state index contributed by atoms with van der Waals surface area (Å²) in [5.41, 5.74) is 0.772. The molecule has 0 spiro atoms. The van der Waals surface area contributed by atoms with E-state index in [1.165, 1.54) is 0 Å². The Bertz CT molecular complexity index is 448. The van der Waals surface area contributed by atoms with Crippen LogP contribution >= 0.6 is 0 Å². The summed E-state index contributed by atoms with van der Waals surface area (Å²) in [4.78, 5) is 14.2. The van der Waals surface area contributed by atoms with Crippen LogP contribution in [0.5, 0.6) is 0 Å². The first kappa shape index (κ1) is 13.3. The molecule has 2 amide bonds. The largest absolute Gasteiger partial charge is 0.376 e. The van der Waals surface area contributed by atoms with Crippen LogP contribution in [0.1, 0.15) is 31.4 Å². The van der Waals surface area contributed by atoms with Gasteiger partial charge in [-0.1, -0.05) is 0 Å². The monoisotopic (exact) mass is 276 g/mol. The van der Waals surface area contributed by atoms with Gasteiger partial charge in [0.25, 0.3) is 0 Å². The molecule has 2 fully saturated rings. The zero-order chi connectivity index (χ0) is 13.8. The van der Waals surface area contributed by atoms with Crippen molar-refractivity contribution in [1.29, 1.82) is 0 Å². The molecule has 6 nitrogen and oxygen atoms in total. The maximum atomic E-state index is 12.3. The highest BCUT2D eigenvalue weighted by Crippen LogP contribution is 2.27. The summed E-state index contributed by atoms with van der Waals surface area (Å²) in [6, 6.07) is 3.89. The van der Waals surface area contributed by atoms with Crippen LogP contribution in [0.2, 0.25) is 0 Å². The van der Waals surface area contributed by atoms with Crippen molar-refractivity contribution >= 4 is 6.03 Å². The van der Waals surface area contributed by atoms with Gasteiger partial charge in [0.2, 0.25) is 0 Å². The number of carbonyl (C=O) groups is 1. The van der Waals surface area contributed by atoms with Crippen LogP contribution in [-0.4, -0.2) is 46.4 Å². The number of amides is 2. The number of nitrogens with one attached hydrogen (secondary N) is 1. The van der Waals surface area contributed by atoms with Gasteiger partial charge in [-0.3, -0.25) is 0 Å². The minimum atomic E-state index is -0.0198. The van der Waals surface area contributed by atoms with Crippen LogP contribution < -0.4 is 5.32 Å². The van der Waals surface area contributed by atoms with Gasteiger partial charge in [-0.15, -0.1) is 0 Å². The lowest BCUT2D eigenvalue weighted by atomic mass is 10.1. The zero-order valence-electron chi connectivity index (χ0n) is 11.5. The minimum Gasteiger partial charge on any atom is -0.376 e. The Morgan fingerprint density at radius 2 is 2.40 bits per heavy atom. The number of hydrogen-bond donors (Lipinski definition) is 1. The number of urea groups is 1. The van der Waals surface area contributed by atoms with Gasteiger partial charge in [-0.2, -0.15) is 10.2 Å². The number of nitrogens with zero attached hydrogens (tertiary/aromatic N) is 3. The molecule has 0 radical (unpaired) electrons. The fourth-order valence-corrected chi connectivity index (χ4v) is 3.03. The van der Waals surface area contributed by atoms with Gasteiger partial charge in [-0.05, 0) is 37.8 Å². The second kappa shape index (κ2) is 6.17. The lowest BCUT2D eigenvalue weighted by Gasteiger charge is -2.28. The average Bonchev–Trinajstić information content (AvgIpc) is 3.15. The van der Waals surface area contributed by atoms with Crippen molar-refractivity contribution < 1.29 is 9.53 Å². The van der Waals surface area contributed by atoms with Gasteiger partial charge in [0, 0.05) is 19.3 Å². The lowest BCUT2D eigenvalue weighted by Crippen LogP contribution is -2.47. The predicted molar refractivity (Wildman–Crippen MR) is 73.0 cm³/mol. The van der Waals surface area contributed by atoms with E-state index in [1.807, 2.05) is 17.0 Å². The molecule has 2 aliphatic rings. The molecule has 0 unspecified atom stereocenters. The molecule has 0 aliphatic carbocycles. The Morgan fingerprint density at radius 1 is 1.45 bits per heavy atom. The Hall–Kier alpha value is -1.69. The zero-order valence-corrected chi connectivity index (χ0v) is 11.5.